The molecule has 0 unspecified atom stereocenters. The summed E-state index contributed by atoms with van der Waals surface area (Å²) in [6.07, 6.45) is 0. The quantitative estimate of drug-likeness (QED) is 0.494. The van der Waals surface area contributed by atoms with Gasteiger partial charge in [0.25, 0.3) is 15.8 Å². The number of hydrogen-bond donors (Lipinski definition) is 2. The number of aryl methyl sites for hydroxylation is 1. The fraction of sp³-hybridized carbons (Fsp3) is 0.0909. The summed E-state index contributed by atoms with van der Waals surface area (Å²) in [4.78, 5) is 9.47. The van der Waals surface area contributed by atoms with E-state index in [-0.39, 0.29) is 16.8 Å². The maximum atomic E-state index is 11.3. The lowest BCUT2D eigenvalue weighted by Gasteiger charge is -2.08. The van der Waals surface area contributed by atoms with Gasteiger partial charge in [0.1, 0.15) is 10.6 Å². The van der Waals surface area contributed by atoms with Crippen molar-refractivity contribution in [3.05, 3.63) is 39.9 Å². The monoisotopic (exact) mass is 283 g/mol. The van der Waals surface area contributed by atoms with Crippen LogP contribution >= 0.6 is 0 Å². The Kier molecular flexibility index (Phi) is 2.91. The van der Waals surface area contributed by atoms with E-state index < -0.39 is 19.9 Å². The molecule has 0 saturated heterocycles. The van der Waals surface area contributed by atoms with Gasteiger partial charge in [-0.1, -0.05) is 0 Å². The second kappa shape index (κ2) is 4.18. The second-order valence-corrected chi connectivity index (χ2v) is 5.37. The van der Waals surface area contributed by atoms with Gasteiger partial charge in [-0.2, -0.15) is 8.42 Å². The highest BCUT2D eigenvalue weighted by molar-refractivity contribution is 7.86. The van der Waals surface area contributed by atoms with Crippen molar-refractivity contribution in [3.63, 3.8) is 0 Å². The lowest BCUT2D eigenvalue weighted by atomic mass is 10.0. The van der Waals surface area contributed by atoms with Gasteiger partial charge in [0.2, 0.25) is 0 Å². The van der Waals surface area contributed by atoms with Gasteiger partial charge in [0, 0.05) is 23.6 Å². The Morgan fingerprint density at radius 3 is 2.37 bits per heavy atom. The van der Waals surface area contributed by atoms with Crippen LogP contribution in [0.3, 0.4) is 0 Å². The molecule has 100 valence electrons. The molecule has 0 aliphatic carbocycles. The van der Waals surface area contributed by atoms with Gasteiger partial charge < -0.3 is 5.11 Å². The van der Waals surface area contributed by atoms with Gasteiger partial charge in [-0.15, -0.1) is 0 Å². The van der Waals surface area contributed by atoms with Crippen LogP contribution in [-0.4, -0.2) is 23.0 Å². The van der Waals surface area contributed by atoms with Gasteiger partial charge in [0.15, 0.2) is 0 Å². The maximum Gasteiger partial charge on any atom is 0.295 e. The number of nitro benzene ring substituents is 1. The minimum absolute atomic E-state index is 0.00741. The molecule has 0 spiro atoms. The minimum atomic E-state index is -4.59. The first kappa shape index (κ1) is 13.2. The SMILES string of the molecule is Cc1c(O)cc(S(=O)(=O)O)c2cc([N+](=O)[O-])ccc12. The Labute approximate surface area is 108 Å². The number of fused-ring (bicyclic) bond motifs is 1. The fourth-order valence-electron chi connectivity index (χ4n) is 1.84. The Morgan fingerprint density at radius 1 is 1.21 bits per heavy atom. The van der Waals surface area contributed by atoms with E-state index >= 15 is 0 Å². The van der Waals surface area contributed by atoms with Crippen LogP contribution < -0.4 is 0 Å². The van der Waals surface area contributed by atoms with Crippen molar-refractivity contribution in [2.45, 2.75) is 11.8 Å². The summed E-state index contributed by atoms with van der Waals surface area (Å²) in [5.74, 6) is -0.311. The minimum Gasteiger partial charge on any atom is -0.508 e. The highest BCUT2D eigenvalue weighted by atomic mass is 32.2. The first-order valence-corrected chi connectivity index (χ1v) is 6.54. The number of hydrogen-bond acceptors (Lipinski definition) is 5. The summed E-state index contributed by atoms with van der Waals surface area (Å²) < 4.78 is 31.7. The summed E-state index contributed by atoms with van der Waals surface area (Å²) in [5, 5.41) is 20.6. The zero-order valence-corrected chi connectivity index (χ0v) is 10.5. The highest BCUT2D eigenvalue weighted by Crippen LogP contribution is 2.34. The molecule has 0 fully saturated rings. The van der Waals surface area contributed by atoms with E-state index in [2.05, 4.69) is 0 Å². The Bertz CT molecular complexity index is 796. The summed E-state index contributed by atoms with van der Waals surface area (Å²) in [7, 11) is -4.59. The molecule has 0 atom stereocenters. The Morgan fingerprint density at radius 2 is 1.84 bits per heavy atom. The Hall–Kier alpha value is -2.19. The largest absolute Gasteiger partial charge is 0.508 e. The third-order valence-corrected chi connectivity index (χ3v) is 3.71. The lowest BCUT2D eigenvalue weighted by Crippen LogP contribution is -2.00. The van der Waals surface area contributed by atoms with E-state index in [4.69, 9.17) is 4.55 Å². The third kappa shape index (κ3) is 2.23. The van der Waals surface area contributed by atoms with Crippen LogP contribution in [0.1, 0.15) is 5.56 Å². The zero-order valence-electron chi connectivity index (χ0n) is 9.69. The number of aromatic hydroxyl groups is 1. The van der Waals surface area contributed by atoms with Crippen LogP contribution in [0, 0.1) is 17.0 Å². The number of rotatable bonds is 2. The normalized spacial score (nSPS) is 11.7. The summed E-state index contributed by atoms with van der Waals surface area (Å²) in [6, 6.07) is 4.45. The highest BCUT2D eigenvalue weighted by Gasteiger charge is 2.20. The summed E-state index contributed by atoms with van der Waals surface area (Å²) in [5.41, 5.74) is 0.0692. The molecule has 8 heteroatoms. The van der Waals surface area contributed by atoms with Crippen LogP contribution in [0.4, 0.5) is 5.69 Å². The van der Waals surface area contributed by atoms with Gasteiger partial charge in [-0.05, 0) is 23.9 Å². The van der Waals surface area contributed by atoms with Gasteiger partial charge in [-0.25, -0.2) is 0 Å². The number of phenolic OH excluding ortho intramolecular Hbond substituents is 1. The number of benzene rings is 2. The second-order valence-electron chi connectivity index (χ2n) is 3.98. The number of phenols is 1. The molecule has 2 aromatic rings. The molecule has 2 aromatic carbocycles. The predicted molar refractivity (Wildman–Crippen MR) is 66.8 cm³/mol. The molecule has 0 saturated carbocycles. The van der Waals surface area contributed by atoms with Crippen molar-refractivity contribution in [2.75, 3.05) is 0 Å². The van der Waals surface area contributed by atoms with E-state index in [0.717, 1.165) is 12.1 Å². The molecule has 0 aromatic heterocycles. The number of nitrogens with zero attached hydrogens (tertiary/aromatic N) is 1. The molecule has 19 heavy (non-hydrogen) atoms. The zero-order chi connectivity index (χ0) is 14.4. The lowest BCUT2D eigenvalue weighted by molar-refractivity contribution is -0.384. The van der Waals surface area contributed by atoms with Crippen molar-refractivity contribution in [3.8, 4) is 5.75 Å². The molecule has 0 heterocycles. The standard InChI is InChI=1S/C11H9NO6S/c1-6-8-3-2-7(12(14)15)4-9(8)11(5-10(6)13)19(16,17)18/h2-5,13H,1H3,(H,16,17,18). The van der Waals surface area contributed by atoms with Crippen LogP contribution in [0.5, 0.6) is 5.75 Å². The molecule has 0 bridgehead atoms. The van der Waals surface area contributed by atoms with Gasteiger partial charge in [-0.3, -0.25) is 14.7 Å². The summed E-state index contributed by atoms with van der Waals surface area (Å²) >= 11 is 0. The third-order valence-electron chi connectivity index (χ3n) is 2.81. The van der Waals surface area contributed by atoms with E-state index in [9.17, 15) is 23.6 Å². The molecule has 0 aliphatic rings. The molecule has 2 rings (SSSR count). The van der Waals surface area contributed by atoms with Gasteiger partial charge >= 0.3 is 0 Å². The molecule has 0 amide bonds. The average molecular weight is 283 g/mol. The first-order valence-electron chi connectivity index (χ1n) is 5.10. The van der Waals surface area contributed by atoms with E-state index in [1.54, 1.807) is 0 Å². The smallest absolute Gasteiger partial charge is 0.295 e. The van der Waals surface area contributed by atoms with Crippen molar-refractivity contribution >= 4 is 26.6 Å². The van der Waals surface area contributed by atoms with Crippen molar-refractivity contribution < 1.29 is 23.0 Å². The van der Waals surface area contributed by atoms with Crippen LogP contribution in [-0.2, 0) is 10.1 Å². The van der Waals surface area contributed by atoms with E-state index in [1.807, 2.05) is 0 Å². The van der Waals surface area contributed by atoms with Crippen LogP contribution in [0.2, 0.25) is 0 Å². The molecule has 0 aliphatic heterocycles. The molecular formula is C11H9NO6S. The fourth-order valence-corrected chi connectivity index (χ4v) is 2.55. The van der Waals surface area contributed by atoms with Crippen LogP contribution in [0.15, 0.2) is 29.2 Å². The van der Waals surface area contributed by atoms with Crippen molar-refractivity contribution in [2.24, 2.45) is 0 Å². The average Bonchev–Trinajstić information content (AvgIpc) is 2.31. The molecule has 7 nitrogen and oxygen atoms in total. The van der Waals surface area contributed by atoms with E-state index in [1.165, 1.54) is 19.1 Å². The maximum absolute atomic E-state index is 11.3. The molecule has 2 N–H and O–H groups in total. The van der Waals surface area contributed by atoms with Crippen LogP contribution in [0.25, 0.3) is 10.8 Å². The molecule has 0 radical (unpaired) electrons. The van der Waals surface area contributed by atoms with E-state index in [0.29, 0.717) is 10.9 Å². The first-order chi connectivity index (χ1) is 8.71. The number of nitro groups is 1. The van der Waals surface area contributed by atoms with Gasteiger partial charge in [0.05, 0.1) is 4.92 Å². The summed E-state index contributed by atoms with van der Waals surface area (Å²) in [6.45, 7) is 1.54. The Balaban J connectivity index is 2.99. The van der Waals surface area contributed by atoms with Crippen molar-refractivity contribution in [1.29, 1.82) is 0 Å². The molecular weight excluding hydrogens is 274 g/mol. The van der Waals surface area contributed by atoms with Crippen molar-refractivity contribution in [1.82, 2.24) is 0 Å². The predicted octanol–water partition coefficient (Wildman–Crippen LogP) is 2.01. The topological polar surface area (TPSA) is 118 Å². The number of non-ortho nitro benzene ring substituents is 1.